The molecule has 0 radical (unpaired) electrons. The van der Waals surface area contributed by atoms with Gasteiger partial charge < -0.3 is 19.3 Å². The van der Waals surface area contributed by atoms with Crippen molar-refractivity contribution in [2.45, 2.75) is 65.1 Å². The van der Waals surface area contributed by atoms with Gasteiger partial charge >= 0.3 is 0 Å². The van der Waals surface area contributed by atoms with Crippen molar-refractivity contribution in [2.24, 2.45) is 0 Å². The minimum Gasteiger partial charge on any atom is -0.493 e. The summed E-state index contributed by atoms with van der Waals surface area (Å²) in [6, 6.07) is 6.78. The molecule has 5 nitrogen and oxygen atoms in total. The fraction of sp³-hybridized carbons (Fsp3) is 0.550. The predicted molar refractivity (Wildman–Crippen MR) is 97.0 cm³/mol. The lowest BCUT2D eigenvalue weighted by Crippen LogP contribution is -2.30. The number of hydrogen-bond donors (Lipinski definition) is 1. The van der Waals surface area contributed by atoms with Gasteiger partial charge in [0, 0.05) is 12.6 Å². The summed E-state index contributed by atoms with van der Waals surface area (Å²) < 4.78 is 16.6. The van der Waals surface area contributed by atoms with Crippen molar-refractivity contribution in [3.8, 4) is 11.5 Å². The maximum atomic E-state index is 5.94. The molecule has 2 aromatic rings. The van der Waals surface area contributed by atoms with E-state index in [-0.39, 0.29) is 0 Å². The van der Waals surface area contributed by atoms with Crippen molar-refractivity contribution >= 4 is 0 Å². The van der Waals surface area contributed by atoms with Crippen LogP contribution in [0.5, 0.6) is 11.5 Å². The maximum absolute atomic E-state index is 5.94. The second-order valence-corrected chi connectivity index (χ2v) is 6.79. The van der Waals surface area contributed by atoms with Gasteiger partial charge in [-0.05, 0) is 44.4 Å². The predicted octanol–water partition coefficient (Wildman–Crippen LogP) is 4.30. The Balaban J connectivity index is 1.61. The lowest BCUT2D eigenvalue weighted by Gasteiger charge is -2.23. The molecule has 25 heavy (non-hydrogen) atoms. The standard InChI is InChI=1S/C20H28N2O3/c1-14-18(15(2)25-22-14)13-24-19-10-9-16(11-20(19)23-3)12-21-17-7-5-4-6-8-17/h9-11,17,21H,4-8,12-13H2,1-3H3. The van der Waals surface area contributed by atoms with Crippen molar-refractivity contribution in [1.82, 2.24) is 10.5 Å². The lowest BCUT2D eigenvalue weighted by molar-refractivity contribution is 0.281. The number of nitrogens with one attached hydrogen (secondary N) is 1. The fourth-order valence-corrected chi connectivity index (χ4v) is 3.37. The average molecular weight is 344 g/mol. The van der Waals surface area contributed by atoms with Crippen LogP contribution in [0.4, 0.5) is 0 Å². The highest BCUT2D eigenvalue weighted by Crippen LogP contribution is 2.29. The van der Waals surface area contributed by atoms with Gasteiger partial charge in [0.15, 0.2) is 11.5 Å². The van der Waals surface area contributed by atoms with E-state index < -0.39 is 0 Å². The number of hydrogen-bond acceptors (Lipinski definition) is 5. The zero-order valence-corrected chi connectivity index (χ0v) is 15.4. The van der Waals surface area contributed by atoms with Gasteiger partial charge in [-0.1, -0.05) is 30.5 Å². The second-order valence-electron chi connectivity index (χ2n) is 6.79. The van der Waals surface area contributed by atoms with Crippen molar-refractivity contribution in [3.63, 3.8) is 0 Å². The van der Waals surface area contributed by atoms with Gasteiger partial charge in [0.05, 0.1) is 18.4 Å². The molecular weight excluding hydrogens is 316 g/mol. The number of methoxy groups -OCH3 is 1. The van der Waals surface area contributed by atoms with E-state index in [0.29, 0.717) is 12.6 Å². The van der Waals surface area contributed by atoms with Gasteiger partial charge in [0.1, 0.15) is 12.4 Å². The highest BCUT2D eigenvalue weighted by molar-refractivity contribution is 5.43. The molecule has 5 heteroatoms. The quantitative estimate of drug-likeness (QED) is 0.811. The SMILES string of the molecule is COc1cc(CNC2CCCCC2)ccc1OCc1c(C)noc1C. The monoisotopic (exact) mass is 344 g/mol. The topological polar surface area (TPSA) is 56.5 Å². The molecule has 0 aliphatic heterocycles. The Morgan fingerprint density at radius 3 is 2.64 bits per heavy atom. The van der Waals surface area contributed by atoms with Gasteiger partial charge in [-0.15, -0.1) is 0 Å². The summed E-state index contributed by atoms with van der Waals surface area (Å²) in [6.07, 6.45) is 6.64. The average Bonchev–Trinajstić information content (AvgIpc) is 2.97. The summed E-state index contributed by atoms with van der Waals surface area (Å²) in [5.41, 5.74) is 3.07. The Hall–Kier alpha value is -2.01. The number of aromatic nitrogens is 1. The smallest absolute Gasteiger partial charge is 0.161 e. The van der Waals surface area contributed by atoms with Gasteiger partial charge in [0.25, 0.3) is 0 Å². The van der Waals surface area contributed by atoms with E-state index in [1.54, 1.807) is 7.11 Å². The van der Waals surface area contributed by atoms with Gasteiger partial charge in [-0.2, -0.15) is 0 Å². The minimum atomic E-state index is 0.428. The molecule has 1 N–H and O–H groups in total. The number of nitrogens with zero attached hydrogens (tertiary/aromatic N) is 1. The van der Waals surface area contributed by atoms with Crippen LogP contribution in [-0.2, 0) is 13.2 Å². The molecule has 1 saturated carbocycles. The zero-order valence-electron chi connectivity index (χ0n) is 15.4. The molecule has 0 bridgehead atoms. The van der Waals surface area contributed by atoms with Crippen LogP contribution in [0.1, 0.15) is 54.7 Å². The van der Waals surface area contributed by atoms with Crippen molar-refractivity contribution in [3.05, 3.63) is 40.8 Å². The van der Waals surface area contributed by atoms with E-state index >= 15 is 0 Å². The Morgan fingerprint density at radius 2 is 1.96 bits per heavy atom. The summed E-state index contributed by atoms with van der Waals surface area (Å²) in [4.78, 5) is 0. The van der Waals surface area contributed by atoms with E-state index in [4.69, 9.17) is 14.0 Å². The molecule has 1 aliphatic carbocycles. The van der Waals surface area contributed by atoms with Crippen molar-refractivity contribution in [2.75, 3.05) is 7.11 Å². The molecule has 1 aromatic carbocycles. The zero-order chi connectivity index (χ0) is 17.6. The largest absolute Gasteiger partial charge is 0.493 e. The van der Waals surface area contributed by atoms with Crippen LogP contribution in [0.15, 0.2) is 22.7 Å². The summed E-state index contributed by atoms with van der Waals surface area (Å²) in [6.45, 7) is 5.12. The fourth-order valence-electron chi connectivity index (χ4n) is 3.37. The number of rotatable bonds is 7. The summed E-state index contributed by atoms with van der Waals surface area (Å²) in [5, 5.41) is 7.62. The van der Waals surface area contributed by atoms with E-state index in [1.165, 1.54) is 37.7 Å². The van der Waals surface area contributed by atoms with Gasteiger partial charge in [0.2, 0.25) is 0 Å². The first-order valence-electron chi connectivity index (χ1n) is 9.12. The minimum absolute atomic E-state index is 0.428. The third-order valence-electron chi connectivity index (χ3n) is 4.98. The van der Waals surface area contributed by atoms with Crippen LogP contribution in [-0.4, -0.2) is 18.3 Å². The summed E-state index contributed by atoms with van der Waals surface area (Å²) in [7, 11) is 1.68. The highest BCUT2D eigenvalue weighted by atomic mass is 16.5. The normalized spacial score (nSPS) is 15.3. The Bertz CT molecular complexity index is 671. The van der Waals surface area contributed by atoms with Crippen LogP contribution in [0, 0.1) is 13.8 Å². The van der Waals surface area contributed by atoms with Crippen molar-refractivity contribution < 1.29 is 14.0 Å². The lowest BCUT2D eigenvalue weighted by atomic mass is 9.95. The molecule has 1 aromatic heterocycles. The molecule has 0 saturated heterocycles. The number of ether oxygens (including phenoxy) is 2. The molecule has 3 rings (SSSR count). The third-order valence-corrected chi connectivity index (χ3v) is 4.98. The Labute approximate surface area is 149 Å². The third kappa shape index (κ3) is 4.54. The second kappa shape index (κ2) is 8.39. The van der Waals surface area contributed by atoms with E-state index in [0.717, 1.165) is 35.1 Å². The van der Waals surface area contributed by atoms with Crippen molar-refractivity contribution in [1.29, 1.82) is 0 Å². The van der Waals surface area contributed by atoms with Crippen LogP contribution in [0.3, 0.4) is 0 Å². The number of aryl methyl sites for hydroxylation is 2. The molecule has 1 fully saturated rings. The van der Waals surface area contributed by atoms with Gasteiger partial charge in [-0.3, -0.25) is 0 Å². The summed E-state index contributed by atoms with van der Waals surface area (Å²) >= 11 is 0. The molecule has 1 heterocycles. The highest BCUT2D eigenvalue weighted by Gasteiger charge is 2.14. The molecule has 0 atom stereocenters. The van der Waals surface area contributed by atoms with E-state index in [1.807, 2.05) is 19.9 Å². The van der Waals surface area contributed by atoms with Gasteiger partial charge in [-0.25, -0.2) is 0 Å². The van der Waals surface area contributed by atoms with E-state index in [2.05, 4.69) is 22.6 Å². The first kappa shape index (κ1) is 17.8. The Morgan fingerprint density at radius 1 is 1.16 bits per heavy atom. The van der Waals surface area contributed by atoms with Crippen LogP contribution >= 0.6 is 0 Å². The van der Waals surface area contributed by atoms with Crippen LogP contribution in [0.2, 0.25) is 0 Å². The maximum Gasteiger partial charge on any atom is 0.161 e. The molecule has 136 valence electrons. The molecule has 0 spiro atoms. The Kier molecular flexibility index (Phi) is 5.97. The van der Waals surface area contributed by atoms with E-state index in [9.17, 15) is 0 Å². The number of benzene rings is 1. The summed E-state index contributed by atoms with van der Waals surface area (Å²) in [5.74, 6) is 2.29. The molecule has 0 unspecified atom stereocenters. The first-order chi connectivity index (χ1) is 12.2. The van der Waals surface area contributed by atoms with Crippen LogP contribution in [0.25, 0.3) is 0 Å². The van der Waals surface area contributed by atoms with Crippen LogP contribution < -0.4 is 14.8 Å². The molecular formula is C20H28N2O3. The molecule has 0 amide bonds. The molecule has 1 aliphatic rings. The first-order valence-corrected chi connectivity index (χ1v) is 9.12.